The van der Waals surface area contributed by atoms with Gasteiger partial charge in [0.05, 0.1) is 0 Å². The van der Waals surface area contributed by atoms with E-state index in [2.05, 4.69) is 21.1 Å². The van der Waals surface area contributed by atoms with Crippen LogP contribution in [0.5, 0.6) is 0 Å². The minimum absolute atomic E-state index is 0.0650. The van der Waals surface area contributed by atoms with Crippen molar-refractivity contribution in [1.29, 1.82) is 0 Å². The molecule has 0 spiro atoms. The zero-order valence-corrected chi connectivity index (χ0v) is 16.0. The van der Waals surface area contributed by atoms with Crippen molar-refractivity contribution in [3.8, 4) is 0 Å². The molecule has 3 N–H and O–H groups in total. The smallest absolute Gasteiger partial charge is 0.252 e. The van der Waals surface area contributed by atoms with Crippen LogP contribution >= 0.6 is 0 Å². The van der Waals surface area contributed by atoms with Gasteiger partial charge in [0, 0.05) is 23.4 Å². The van der Waals surface area contributed by atoms with Crippen LogP contribution in [0.2, 0.25) is 0 Å². The Morgan fingerprint density at radius 2 is 1.69 bits per heavy atom. The van der Waals surface area contributed by atoms with Gasteiger partial charge < -0.3 is 20.5 Å². The summed E-state index contributed by atoms with van der Waals surface area (Å²) in [4.78, 5) is 24.8. The Hall–Kier alpha value is -3.61. The summed E-state index contributed by atoms with van der Waals surface area (Å²) in [6.07, 6.45) is 1.93. The summed E-state index contributed by atoms with van der Waals surface area (Å²) in [5.74, 6) is 0.951. The van der Waals surface area contributed by atoms with Crippen molar-refractivity contribution in [2.24, 2.45) is 5.92 Å². The van der Waals surface area contributed by atoms with Crippen molar-refractivity contribution in [2.75, 3.05) is 16.0 Å². The molecule has 0 radical (unpaired) electrons. The molecule has 3 aromatic rings. The molecule has 0 saturated heterocycles. The third-order valence-corrected chi connectivity index (χ3v) is 4.69. The third-order valence-electron chi connectivity index (χ3n) is 4.69. The average Bonchev–Trinajstić information content (AvgIpc) is 3.51. The number of benzene rings is 2. The van der Waals surface area contributed by atoms with E-state index in [1.165, 1.54) is 0 Å². The Morgan fingerprint density at radius 1 is 1.00 bits per heavy atom. The maximum atomic E-state index is 12.9. The summed E-state index contributed by atoms with van der Waals surface area (Å²) in [5, 5.41) is 12.8. The van der Waals surface area contributed by atoms with Gasteiger partial charge in [0.2, 0.25) is 5.91 Å². The molecule has 1 fully saturated rings. The molecule has 1 unspecified atom stereocenters. The maximum absolute atomic E-state index is 12.9. The molecule has 1 aliphatic carbocycles. The number of carbonyl (C=O) groups excluding carboxylic acids is 2. The average molecular weight is 390 g/mol. The summed E-state index contributed by atoms with van der Waals surface area (Å²) < 4.78 is 5.02. The number of carbonyl (C=O) groups is 2. The van der Waals surface area contributed by atoms with E-state index in [0.29, 0.717) is 11.6 Å². The highest BCUT2D eigenvalue weighted by Crippen LogP contribution is 2.30. The molecular weight excluding hydrogens is 368 g/mol. The van der Waals surface area contributed by atoms with Crippen LogP contribution < -0.4 is 16.0 Å². The number of aromatic nitrogens is 1. The molecule has 1 heterocycles. The van der Waals surface area contributed by atoms with Crippen LogP contribution in [0.1, 0.15) is 30.2 Å². The first kappa shape index (κ1) is 18.7. The van der Waals surface area contributed by atoms with Gasteiger partial charge in [0.25, 0.3) is 5.91 Å². The van der Waals surface area contributed by atoms with E-state index in [9.17, 15) is 9.59 Å². The Kier molecular flexibility index (Phi) is 5.29. The SMILES string of the molecule is Cc1cc(NC(=O)C(Nc2ccc(NC(=O)C3CC3)cc2)c2ccccc2)no1. The number of anilines is 3. The van der Waals surface area contributed by atoms with Crippen molar-refractivity contribution in [3.05, 3.63) is 72.0 Å². The van der Waals surface area contributed by atoms with Gasteiger partial charge >= 0.3 is 0 Å². The normalized spacial score (nSPS) is 14.1. The highest BCUT2D eigenvalue weighted by molar-refractivity contribution is 5.97. The van der Waals surface area contributed by atoms with E-state index in [4.69, 9.17) is 4.52 Å². The van der Waals surface area contributed by atoms with Crippen LogP contribution in [-0.2, 0) is 9.59 Å². The highest BCUT2D eigenvalue weighted by atomic mass is 16.5. The Balaban J connectivity index is 1.48. The second kappa shape index (κ2) is 8.18. The molecule has 29 heavy (non-hydrogen) atoms. The van der Waals surface area contributed by atoms with Crippen LogP contribution in [-0.4, -0.2) is 17.0 Å². The molecule has 1 saturated carbocycles. The van der Waals surface area contributed by atoms with Crippen molar-refractivity contribution in [1.82, 2.24) is 5.16 Å². The monoisotopic (exact) mass is 390 g/mol. The first-order chi connectivity index (χ1) is 14.1. The van der Waals surface area contributed by atoms with Crippen molar-refractivity contribution in [2.45, 2.75) is 25.8 Å². The molecule has 7 nitrogen and oxygen atoms in total. The van der Waals surface area contributed by atoms with Gasteiger partial charge in [0.15, 0.2) is 5.82 Å². The fourth-order valence-corrected chi connectivity index (χ4v) is 2.98. The molecule has 1 atom stereocenters. The van der Waals surface area contributed by atoms with Gasteiger partial charge in [-0.25, -0.2) is 0 Å². The number of hydrogen-bond acceptors (Lipinski definition) is 5. The second-order valence-corrected chi connectivity index (χ2v) is 7.14. The predicted molar refractivity (Wildman–Crippen MR) is 110 cm³/mol. The van der Waals surface area contributed by atoms with E-state index >= 15 is 0 Å². The Labute approximate surface area is 168 Å². The number of aryl methyl sites for hydroxylation is 1. The fraction of sp³-hybridized carbons (Fsp3) is 0.227. The van der Waals surface area contributed by atoms with Gasteiger partial charge in [-0.15, -0.1) is 0 Å². The minimum atomic E-state index is -0.625. The maximum Gasteiger partial charge on any atom is 0.252 e. The van der Waals surface area contributed by atoms with Crippen LogP contribution in [0.4, 0.5) is 17.2 Å². The van der Waals surface area contributed by atoms with E-state index < -0.39 is 6.04 Å². The zero-order chi connectivity index (χ0) is 20.2. The van der Waals surface area contributed by atoms with Crippen LogP contribution in [0.25, 0.3) is 0 Å². The topological polar surface area (TPSA) is 96.3 Å². The summed E-state index contributed by atoms with van der Waals surface area (Å²) in [6, 6.07) is 17.8. The van der Waals surface area contributed by atoms with Crippen LogP contribution in [0.15, 0.2) is 65.2 Å². The lowest BCUT2D eigenvalue weighted by molar-refractivity contribution is -0.118. The number of rotatable bonds is 7. The molecule has 148 valence electrons. The fourth-order valence-electron chi connectivity index (χ4n) is 2.98. The first-order valence-electron chi connectivity index (χ1n) is 9.55. The summed E-state index contributed by atoms with van der Waals surface area (Å²) in [5.41, 5.74) is 2.32. The van der Waals surface area contributed by atoms with E-state index in [1.54, 1.807) is 13.0 Å². The molecule has 4 rings (SSSR count). The Bertz CT molecular complexity index is 994. The number of hydrogen-bond donors (Lipinski definition) is 3. The summed E-state index contributed by atoms with van der Waals surface area (Å²) in [6.45, 7) is 1.76. The lowest BCUT2D eigenvalue weighted by atomic mass is 10.1. The van der Waals surface area contributed by atoms with Crippen molar-refractivity contribution in [3.63, 3.8) is 0 Å². The van der Waals surface area contributed by atoms with Gasteiger partial charge in [-0.2, -0.15) is 0 Å². The van der Waals surface area contributed by atoms with Crippen LogP contribution in [0, 0.1) is 12.8 Å². The minimum Gasteiger partial charge on any atom is -0.370 e. The lowest BCUT2D eigenvalue weighted by Gasteiger charge is -2.19. The molecule has 2 amide bonds. The second-order valence-electron chi connectivity index (χ2n) is 7.14. The van der Waals surface area contributed by atoms with Gasteiger partial charge in [0.1, 0.15) is 11.8 Å². The molecule has 0 bridgehead atoms. The van der Waals surface area contributed by atoms with Gasteiger partial charge in [-0.3, -0.25) is 9.59 Å². The first-order valence-corrected chi connectivity index (χ1v) is 9.55. The molecule has 1 aromatic heterocycles. The zero-order valence-electron chi connectivity index (χ0n) is 16.0. The molecular formula is C22H22N4O3. The van der Waals surface area contributed by atoms with Gasteiger partial charge in [-0.1, -0.05) is 35.5 Å². The van der Waals surface area contributed by atoms with E-state index in [1.807, 2.05) is 54.6 Å². The number of nitrogens with one attached hydrogen (secondary N) is 3. The van der Waals surface area contributed by atoms with Crippen molar-refractivity contribution < 1.29 is 14.1 Å². The quantitative estimate of drug-likeness (QED) is 0.564. The van der Waals surface area contributed by atoms with Crippen LogP contribution in [0.3, 0.4) is 0 Å². The number of amides is 2. The molecule has 1 aliphatic rings. The highest BCUT2D eigenvalue weighted by Gasteiger charge is 2.29. The summed E-state index contributed by atoms with van der Waals surface area (Å²) >= 11 is 0. The number of nitrogens with zero attached hydrogens (tertiary/aromatic N) is 1. The molecule has 0 aliphatic heterocycles. The molecule has 2 aromatic carbocycles. The largest absolute Gasteiger partial charge is 0.370 e. The lowest BCUT2D eigenvalue weighted by Crippen LogP contribution is -2.27. The molecule has 7 heteroatoms. The third kappa shape index (κ3) is 4.82. The van der Waals surface area contributed by atoms with Gasteiger partial charge in [-0.05, 0) is 49.6 Å². The Morgan fingerprint density at radius 3 is 2.31 bits per heavy atom. The van der Waals surface area contributed by atoms with E-state index in [0.717, 1.165) is 29.8 Å². The van der Waals surface area contributed by atoms with E-state index in [-0.39, 0.29) is 17.7 Å². The standard InChI is InChI=1S/C22H22N4O3/c1-14-13-19(26-29-14)25-22(28)20(15-5-3-2-4-6-15)23-17-9-11-18(12-10-17)24-21(27)16-7-8-16/h2-6,9-13,16,20,23H,7-8H2,1H3,(H,24,27)(H,25,26,28). The summed E-state index contributed by atoms with van der Waals surface area (Å²) in [7, 11) is 0. The van der Waals surface area contributed by atoms with Crippen molar-refractivity contribution >= 4 is 29.0 Å². The predicted octanol–water partition coefficient (Wildman–Crippen LogP) is 4.12.